The Morgan fingerprint density at radius 2 is 2.16 bits per heavy atom. The number of carboxylic acid groups (broad SMARTS) is 1. The van der Waals surface area contributed by atoms with Crippen molar-refractivity contribution in [2.75, 3.05) is 0 Å². The second kappa shape index (κ2) is 5.71. The summed E-state index contributed by atoms with van der Waals surface area (Å²) in [5, 5.41) is 11.5. The summed E-state index contributed by atoms with van der Waals surface area (Å²) in [4.78, 5) is 37.0. The molecule has 0 saturated carbocycles. The fraction of sp³-hybridized carbons (Fsp3) is 0.182. The zero-order valence-electron chi connectivity index (χ0n) is 9.78. The number of amides is 1. The van der Waals surface area contributed by atoms with Crippen molar-refractivity contribution in [2.24, 2.45) is 0 Å². The van der Waals surface area contributed by atoms with Crippen molar-refractivity contribution in [3.63, 3.8) is 0 Å². The van der Waals surface area contributed by atoms with E-state index >= 15 is 0 Å². The number of imidazole rings is 1. The second-order valence-electron chi connectivity index (χ2n) is 3.74. The highest BCUT2D eigenvalue weighted by Crippen LogP contribution is 2.00. The molecule has 0 aliphatic rings. The first-order valence-electron chi connectivity index (χ1n) is 5.43. The van der Waals surface area contributed by atoms with Gasteiger partial charge in [-0.05, 0) is 0 Å². The summed E-state index contributed by atoms with van der Waals surface area (Å²) in [6.45, 7) is 0. The van der Waals surface area contributed by atoms with Crippen LogP contribution in [0, 0.1) is 0 Å². The smallest absolute Gasteiger partial charge is 0.326 e. The van der Waals surface area contributed by atoms with Crippen molar-refractivity contribution < 1.29 is 14.7 Å². The number of carbonyl (C=O) groups excluding carboxylic acids is 1. The lowest BCUT2D eigenvalue weighted by molar-refractivity contribution is -0.139. The molecule has 0 bridgehead atoms. The lowest BCUT2D eigenvalue weighted by atomic mass is 10.1. The molecule has 8 nitrogen and oxygen atoms in total. The van der Waals surface area contributed by atoms with Gasteiger partial charge in [0.1, 0.15) is 11.7 Å². The summed E-state index contributed by atoms with van der Waals surface area (Å²) in [7, 11) is 0. The zero-order chi connectivity index (χ0) is 13.7. The molecule has 0 radical (unpaired) electrons. The van der Waals surface area contributed by atoms with E-state index in [1.165, 1.54) is 31.1 Å². The molecule has 1 atom stereocenters. The third-order valence-corrected chi connectivity index (χ3v) is 2.38. The Labute approximate surface area is 107 Å². The highest BCUT2D eigenvalue weighted by atomic mass is 16.4. The molecule has 2 aromatic rings. The average molecular weight is 261 g/mol. The molecule has 1 amide bonds. The Hall–Kier alpha value is -2.77. The normalized spacial score (nSPS) is 11.8. The molecule has 2 heterocycles. The zero-order valence-corrected chi connectivity index (χ0v) is 9.78. The molecule has 98 valence electrons. The van der Waals surface area contributed by atoms with Crippen molar-refractivity contribution in [2.45, 2.75) is 12.5 Å². The SMILES string of the molecule is O=C(N[C@H](Cc1cnc[nH]1)C(=O)O)c1cnccn1. The summed E-state index contributed by atoms with van der Waals surface area (Å²) in [5.74, 6) is -1.72. The molecular formula is C11H11N5O3. The van der Waals surface area contributed by atoms with Crippen LogP contribution in [0.25, 0.3) is 0 Å². The molecule has 3 N–H and O–H groups in total. The van der Waals surface area contributed by atoms with Gasteiger partial charge in [-0.15, -0.1) is 0 Å². The van der Waals surface area contributed by atoms with Crippen molar-refractivity contribution >= 4 is 11.9 Å². The van der Waals surface area contributed by atoms with Crippen molar-refractivity contribution in [3.8, 4) is 0 Å². The van der Waals surface area contributed by atoms with Crippen molar-refractivity contribution in [1.29, 1.82) is 0 Å². The van der Waals surface area contributed by atoms with Crippen LogP contribution in [-0.2, 0) is 11.2 Å². The van der Waals surface area contributed by atoms with E-state index in [1.807, 2.05) is 0 Å². The molecule has 0 spiro atoms. The maximum Gasteiger partial charge on any atom is 0.326 e. The van der Waals surface area contributed by atoms with Gasteiger partial charge in [-0.2, -0.15) is 0 Å². The van der Waals surface area contributed by atoms with Crippen LogP contribution < -0.4 is 5.32 Å². The predicted molar refractivity (Wildman–Crippen MR) is 63.2 cm³/mol. The number of hydrogen-bond donors (Lipinski definition) is 3. The first-order chi connectivity index (χ1) is 9.16. The summed E-state index contributed by atoms with van der Waals surface area (Å²) in [6.07, 6.45) is 7.12. The lowest BCUT2D eigenvalue weighted by Gasteiger charge is -2.12. The number of nitrogens with zero attached hydrogens (tertiary/aromatic N) is 3. The van der Waals surface area contributed by atoms with Gasteiger partial charge in [-0.25, -0.2) is 14.8 Å². The Balaban J connectivity index is 2.05. The van der Waals surface area contributed by atoms with Crippen LogP contribution in [0.5, 0.6) is 0 Å². The molecule has 0 aromatic carbocycles. The molecular weight excluding hydrogens is 250 g/mol. The van der Waals surface area contributed by atoms with Gasteiger partial charge in [-0.3, -0.25) is 9.78 Å². The first kappa shape index (κ1) is 12.7. The molecule has 0 saturated heterocycles. The van der Waals surface area contributed by atoms with E-state index < -0.39 is 17.9 Å². The van der Waals surface area contributed by atoms with E-state index in [2.05, 4.69) is 25.3 Å². The largest absolute Gasteiger partial charge is 0.480 e. The molecule has 0 fully saturated rings. The van der Waals surface area contributed by atoms with Crippen LogP contribution in [-0.4, -0.2) is 43.0 Å². The molecule has 19 heavy (non-hydrogen) atoms. The van der Waals surface area contributed by atoms with Gasteiger partial charge in [-0.1, -0.05) is 0 Å². The minimum Gasteiger partial charge on any atom is -0.480 e. The summed E-state index contributed by atoms with van der Waals surface area (Å²) < 4.78 is 0. The van der Waals surface area contributed by atoms with E-state index in [0.29, 0.717) is 5.69 Å². The van der Waals surface area contributed by atoms with Crippen LogP contribution >= 0.6 is 0 Å². The molecule has 2 aromatic heterocycles. The Morgan fingerprint density at radius 1 is 1.32 bits per heavy atom. The lowest BCUT2D eigenvalue weighted by Crippen LogP contribution is -2.42. The predicted octanol–water partition coefficient (Wildman–Crippen LogP) is -0.375. The third kappa shape index (κ3) is 3.35. The van der Waals surface area contributed by atoms with Crippen molar-refractivity contribution in [3.05, 3.63) is 42.5 Å². The molecule has 0 aliphatic carbocycles. The minimum absolute atomic E-state index is 0.0679. The minimum atomic E-state index is -1.13. The Bertz CT molecular complexity index is 555. The van der Waals surface area contributed by atoms with E-state index in [9.17, 15) is 9.59 Å². The average Bonchev–Trinajstić information content (AvgIpc) is 2.91. The summed E-state index contributed by atoms with van der Waals surface area (Å²) in [5.41, 5.74) is 0.685. The number of carbonyl (C=O) groups is 2. The van der Waals surface area contributed by atoms with E-state index in [-0.39, 0.29) is 12.1 Å². The number of carboxylic acids is 1. The molecule has 8 heteroatoms. The number of rotatable bonds is 5. The summed E-state index contributed by atoms with van der Waals surface area (Å²) in [6, 6.07) is -1.06. The molecule has 0 aliphatic heterocycles. The number of aromatic amines is 1. The number of H-pyrrole nitrogens is 1. The summed E-state index contributed by atoms with van der Waals surface area (Å²) >= 11 is 0. The standard InChI is InChI=1S/C11H11N5O3/c17-10(9-5-12-1-2-14-9)16-8(11(18)19)3-7-4-13-6-15-7/h1-2,4-6,8H,3H2,(H,13,15)(H,16,17)(H,18,19)/t8-/m1/s1. The molecule has 0 unspecified atom stereocenters. The maximum atomic E-state index is 11.8. The monoisotopic (exact) mass is 261 g/mol. The van der Waals surface area contributed by atoms with E-state index in [1.54, 1.807) is 0 Å². The highest BCUT2D eigenvalue weighted by molar-refractivity contribution is 5.94. The van der Waals surface area contributed by atoms with Crippen LogP contribution in [0.15, 0.2) is 31.1 Å². The topological polar surface area (TPSA) is 121 Å². The van der Waals surface area contributed by atoms with E-state index in [4.69, 9.17) is 5.11 Å². The number of hydrogen-bond acceptors (Lipinski definition) is 5. The van der Waals surface area contributed by atoms with E-state index in [0.717, 1.165) is 0 Å². The Kier molecular flexibility index (Phi) is 3.81. The number of aromatic nitrogens is 4. The second-order valence-corrected chi connectivity index (χ2v) is 3.74. The van der Waals surface area contributed by atoms with Gasteiger partial charge in [0.05, 0.1) is 12.5 Å². The highest BCUT2D eigenvalue weighted by Gasteiger charge is 2.22. The quantitative estimate of drug-likeness (QED) is 0.675. The van der Waals surface area contributed by atoms with Gasteiger partial charge in [0.2, 0.25) is 0 Å². The van der Waals surface area contributed by atoms with Crippen LogP contribution in [0.2, 0.25) is 0 Å². The number of aliphatic carboxylic acids is 1. The van der Waals surface area contributed by atoms with Gasteiger partial charge < -0.3 is 15.4 Å². The fourth-order valence-electron chi connectivity index (χ4n) is 1.46. The van der Waals surface area contributed by atoms with Gasteiger partial charge in [0.25, 0.3) is 5.91 Å². The Morgan fingerprint density at radius 3 is 2.74 bits per heavy atom. The third-order valence-electron chi connectivity index (χ3n) is 2.38. The van der Waals surface area contributed by atoms with Crippen LogP contribution in [0.1, 0.15) is 16.2 Å². The van der Waals surface area contributed by atoms with Gasteiger partial charge in [0, 0.05) is 30.7 Å². The first-order valence-corrected chi connectivity index (χ1v) is 5.43. The van der Waals surface area contributed by atoms with Crippen LogP contribution in [0.3, 0.4) is 0 Å². The van der Waals surface area contributed by atoms with Gasteiger partial charge in [0.15, 0.2) is 0 Å². The maximum absolute atomic E-state index is 11.8. The fourth-order valence-corrected chi connectivity index (χ4v) is 1.46. The van der Waals surface area contributed by atoms with Crippen molar-refractivity contribution in [1.82, 2.24) is 25.3 Å². The van der Waals surface area contributed by atoms with Crippen LogP contribution in [0.4, 0.5) is 0 Å². The molecule has 2 rings (SSSR count). The number of nitrogens with one attached hydrogen (secondary N) is 2. The van der Waals surface area contributed by atoms with Gasteiger partial charge >= 0.3 is 5.97 Å².